The largest absolute Gasteiger partial charge is 0.349 e. The minimum atomic E-state index is 0.0777. The van der Waals surface area contributed by atoms with Crippen LogP contribution in [0.15, 0.2) is 24.3 Å². The van der Waals surface area contributed by atoms with Crippen LogP contribution in [-0.2, 0) is 11.2 Å². The molecule has 104 valence electrons. The van der Waals surface area contributed by atoms with Crippen molar-refractivity contribution in [3.63, 3.8) is 0 Å². The molecule has 0 saturated carbocycles. The quantitative estimate of drug-likeness (QED) is 0.853. The Labute approximate surface area is 115 Å². The molecule has 1 fully saturated rings. The number of amides is 1. The summed E-state index contributed by atoms with van der Waals surface area (Å²) in [4.78, 5) is 12.1. The van der Waals surface area contributed by atoms with Gasteiger partial charge in [-0.25, -0.2) is 0 Å². The lowest BCUT2D eigenvalue weighted by atomic mass is 9.88. The number of aryl methyl sites for hydroxylation is 1. The molecule has 3 heteroatoms. The van der Waals surface area contributed by atoms with Gasteiger partial charge < -0.3 is 10.6 Å². The molecule has 0 aromatic heterocycles. The van der Waals surface area contributed by atoms with Crippen molar-refractivity contribution in [2.45, 2.75) is 33.2 Å². The Morgan fingerprint density at radius 1 is 1.32 bits per heavy atom. The Kier molecular flexibility index (Phi) is 4.59. The molecule has 19 heavy (non-hydrogen) atoms. The van der Waals surface area contributed by atoms with E-state index in [2.05, 4.69) is 41.8 Å². The Balaban J connectivity index is 1.91. The zero-order valence-corrected chi connectivity index (χ0v) is 12.1. The average Bonchev–Trinajstić information content (AvgIpc) is 2.36. The first-order valence-corrected chi connectivity index (χ1v) is 7.21. The van der Waals surface area contributed by atoms with Crippen molar-refractivity contribution in [2.24, 2.45) is 11.8 Å². The molecular weight excluding hydrogens is 236 g/mol. The van der Waals surface area contributed by atoms with Gasteiger partial charge in [-0.05, 0) is 43.5 Å². The summed E-state index contributed by atoms with van der Waals surface area (Å²) in [6, 6.07) is 8.57. The summed E-state index contributed by atoms with van der Waals surface area (Å²) in [5.41, 5.74) is 2.50. The van der Waals surface area contributed by atoms with Crippen molar-refractivity contribution in [1.29, 1.82) is 0 Å². The molecule has 1 aliphatic heterocycles. The van der Waals surface area contributed by atoms with Crippen LogP contribution in [0.5, 0.6) is 0 Å². The minimum Gasteiger partial charge on any atom is -0.349 e. The molecule has 1 heterocycles. The maximum atomic E-state index is 12.1. The molecule has 0 bridgehead atoms. The Hall–Kier alpha value is -1.35. The van der Waals surface area contributed by atoms with E-state index in [4.69, 9.17) is 0 Å². The Morgan fingerprint density at radius 3 is 2.42 bits per heavy atom. The summed E-state index contributed by atoms with van der Waals surface area (Å²) in [7, 11) is 0. The van der Waals surface area contributed by atoms with Crippen molar-refractivity contribution in [2.75, 3.05) is 13.1 Å². The van der Waals surface area contributed by atoms with Gasteiger partial charge in [0.25, 0.3) is 0 Å². The summed E-state index contributed by atoms with van der Waals surface area (Å²) in [5.74, 6) is 0.756. The highest BCUT2D eigenvalue weighted by Crippen LogP contribution is 2.19. The second-order valence-corrected chi connectivity index (χ2v) is 5.53. The van der Waals surface area contributed by atoms with Crippen molar-refractivity contribution >= 4 is 5.91 Å². The molecule has 2 unspecified atom stereocenters. The molecule has 1 aromatic rings. The molecule has 1 amide bonds. The first-order valence-electron chi connectivity index (χ1n) is 7.21. The van der Waals surface area contributed by atoms with Gasteiger partial charge in [0.1, 0.15) is 0 Å². The predicted molar refractivity (Wildman–Crippen MR) is 77.9 cm³/mol. The number of carbonyl (C=O) groups is 1. The highest BCUT2D eigenvalue weighted by Gasteiger charge is 2.29. The molecule has 2 rings (SSSR count). The SMILES string of the molecule is CCc1ccc(C(C)NC(=O)C(C)C2CNC2)cc1. The fourth-order valence-electron chi connectivity index (χ4n) is 2.35. The molecular formula is C16H24N2O. The van der Waals surface area contributed by atoms with Crippen LogP contribution in [0.3, 0.4) is 0 Å². The molecule has 3 nitrogen and oxygen atoms in total. The lowest BCUT2D eigenvalue weighted by Gasteiger charge is -2.32. The summed E-state index contributed by atoms with van der Waals surface area (Å²) < 4.78 is 0. The fraction of sp³-hybridized carbons (Fsp3) is 0.562. The Bertz CT molecular complexity index is 423. The molecule has 0 spiro atoms. The van der Waals surface area contributed by atoms with Crippen LogP contribution in [0.25, 0.3) is 0 Å². The monoisotopic (exact) mass is 260 g/mol. The standard InChI is InChI=1S/C16H24N2O/c1-4-13-5-7-14(8-6-13)12(3)18-16(19)11(2)15-9-17-10-15/h5-8,11-12,15,17H,4,9-10H2,1-3H3,(H,18,19). The molecule has 0 radical (unpaired) electrons. The van der Waals surface area contributed by atoms with E-state index < -0.39 is 0 Å². The minimum absolute atomic E-state index is 0.0777. The molecule has 1 saturated heterocycles. The van der Waals surface area contributed by atoms with Gasteiger partial charge in [-0.3, -0.25) is 4.79 Å². The van der Waals surface area contributed by atoms with Crippen LogP contribution in [0.1, 0.15) is 37.9 Å². The van der Waals surface area contributed by atoms with Crippen molar-refractivity contribution in [3.8, 4) is 0 Å². The van der Waals surface area contributed by atoms with Gasteiger partial charge >= 0.3 is 0 Å². The lowest BCUT2D eigenvalue weighted by molar-refractivity contribution is -0.127. The Morgan fingerprint density at radius 2 is 1.95 bits per heavy atom. The highest BCUT2D eigenvalue weighted by atomic mass is 16.1. The second-order valence-electron chi connectivity index (χ2n) is 5.53. The number of nitrogens with one attached hydrogen (secondary N) is 2. The summed E-state index contributed by atoms with van der Waals surface area (Å²) in [6.07, 6.45) is 1.05. The first kappa shape index (κ1) is 14.1. The first-order chi connectivity index (χ1) is 9.11. The molecule has 2 atom stereocenters. The third-order valence-corrected chi connectivity index (χ3v) is 4.18. The molecule has 1 aliphatic rings. The van der Waals surface area contributed by atoms with Crippen LogP contribution in [0, 0.1) is 11.8 Å². The molecule has 0 aliphatic carbocycles. The normalized spacial score (nSPS) is 18.5. The van der Waals surface area contributed by atoms with Crippen LogP contribution in [0.4, 0.5) is 0 Å². The van der Waals surface area contributed by atoms with Crippen molar-refractivity contribution in [1.82, 2.24) is 10.6 Å². The average molecular weight is 260 g/mol. The number of rotatable bonds is 5. The summed E-state index contributed by atoms with van der Waals surface area (Å²) in [6.45, 7) is 8.15. The lowest BCUT2D eigenvalue weighted by Crippen LogP contribution is -2.49. The third-order valence-electron chi connectivity index (χ3n) is 4.18. The van der Waals surface area contributed by atoms with E-state index in [1.807, 2.05) is 13.8 Å². The number of carbonyl (C=O) groups excluding carboxylic acids is 1. The van der Waals surface area contributed by atoms with Gasteiger partial charge in [0.15, 0.2) is 0 Å². The third kappa shape index (κ3) is 3.35. The van der Waals surface area contributed by atoms with Crippen molar-refractivity contribution < 1.29 is 4.79 Å². The van der Waals surface area contributed by atoms with E-state index in [1.54, 1.807) is 0 Å². The van der Waals surface area contributed by atoms with Gasteiger partial charge in [0.05, 0.1) is 6.04 Å². The van der Waals surface area contributed by atoms with Crippen LogP contribution >= 0.6 is 0 Å². The molecule has 1 aromatic carbocycles. The zero-order valence-electron chi connectivity index (χ0n) is 12.1. The van der Waals surface area contributed by atoms with Gasteiger partial charge in [-0.15, -0.1) is 0 Å². The summed E-state index contributed by atoms with van der Waals surface area (Å²) >= 11 is 0. The second kappa shape index (κ2) is 6.20. The van der Waals surface area contributed by atoms with Crippen molar-refractivity contribution in [3.05, 3.63) is 35.4 Å². The van der Waals surface area contributed by atoms with E-state index in [1.165, 1.54) is 11.1 Å². The maximum absolute atomic E-state index is 12.1. The van der Waals surface area contributed by atoms with E-state index in [0.717, 1.165) is 19.5 Å². The van der Waals surface area contributed by atoms with Crippen LogP contribution < -0.4 is 10.6 Å². The van der Waals surface area contributed by atoms with Crippen LogP contribution in [-0.4, -0.2) is 19.0 Å². The predicted octanol–water partition coefficient (Wildman–Crippen LogP) is 2.28. The zero-order chi connectivity index (χ0) is 13.8. The van der Waals surface area contributed by atoms with Crippen LogP contribution in [0.2, 0.25) is 0 Å². The summed E-state index contributed by atoms with van der Waals surface area (Å²) in [5, 5.41) is 6.33. The van der Waals surface area contributed by atoms with Gasteiger partial charge in [0.2, 0.25) is 5.91 Å². The van der Waals surface area contributed by atoms with E-state index >= 15 is 0 Å². The topological polar surface area (TPSA) is 41.1 Å². The van der Waals surface area contributed by atoms with Gasteiger partial charge in [0, 0.05) is 5.92 Å². The molecule has 2 N–H and O–H groups in total. The smallest absolute Gasteiger partial charge is 0.223 e. The number of benzene rings is 1. The van der Waals surface area contributed by atoms with E-state index in [-0.39, 0.29) is 17.9 Å². The number of hydrogen-bond donors (Lipinski definition) is 2. The fourth-order valence-corrected chi connectivity index (χ4v) is 2.35. The number of hydrogen-bond acceptors (Lipinski definition) is 2. The van der Waals surface area contributed by atoms with Gasteiger partial charge in [-0.2, -0.15) is 0 Å². The van der Waals surface area contributed by atoms with Gasteiger partial charge in [-0.1, -0.05) is 38.1 Å². The van der Waals surface area contributed by atoms with E-state index in [9.17, 15) is 4.79 Å². The van der Waals surface area contributed by atoms with E-state index in [0.29, 0.717) is 5.92 Å². The maximum Gasteiger partial charge on any atom is 0.223 e. The highest BCUT2D eigenvalue weighted by molar-refractivity contribution is 5.79.